The topological polar surface area (TPSA) is 99.1 Å². The number of ether oxygens (including phenoxy) is 3. The molecule has 0 aliphatic carbocycles. The van der Waals surface area contributed by atoms with Crippen molar-refractivity contribution in [1.29, 1.82) is 0 Å². The van der Waals surface area contributed by atoms with E-state index in [0.717, 1.165) is 5.57 Å². The molecule has 0 amide bonds. The van der Waals surface area contributed by atoms with Gasteiger partial charge in [-0.1, -0.05) is 30.4 Å². The minimum Gasteiger partial charge on any atom is -0.507 e. The Morgan fingerprint density at radius 3 is 2.55 bits per heavy atom. The van der Waals surface area contributed by atoms with Gasteiger partial charge in [0, 0.05) is 25.5 Å². The van der Waals surface area contributed by atoms with Gasteiger partial charge in [0.05, 0.1) is 12.7 Å². The maximum atomic E-state index is 12.9. The first-order chi connectivity index (χ1) is 14.6. The van der Waals surface area contributed by atoms with Crippen molar-refractivity contribution in [3.8, 4) is 17.2 Å². The molecule has 0 unspecified atom stereocenters. The van der Waals surface area contributed by atoms with Gasteiger partial charge in [-0.2, -0.15) is 0 Å². The lowest BCUT2D eigenvalue weighted by Gasteiger charge is -2.29. The fourth-order valence-corrected chi connectivity index (χ4v) is 3.04. The van der Waals surface area contributed by atoms with E-state index in [1.54, 1.807) is 6.08 Å². The van der Waals surface area contributed by atoms with Gasteiger partial charge >= 0.3 is 11.9 Å². The molecule has 0 saturated carbocycles. The number of phenolic OH excluding ortho intramolecular Hbond substituents is 1. The van der Waals surface area contributed by atoms with Crippen LogP contribution in [0.2, 0.25) is 0 Å². The molecule has 31 heavy (non-hydrogen) atoms. The van der Waals surface area contributed by atoms with Crippen molar-refractivity contribution in [2.45, 2.75) is 46.6 Å². The lowest BCUT2D eigenvalue weighted by molar-refractivity contribution is -0.135. The summed E-state index contributed by atoms with van der Waals surface area (Å²) in [4.78, 5) is 35.3. The van der Waals surface area contributed by atoms with Crippen LogP contribution in [-0.2, 0) is 20.7 Å². The normalized spacial score (nSPS) is 15.7. The molecule has 0 spiro atoms. The Bertz CT molecular complexity index is 992. The Hall–Kier alpha value is -3.61. The highest BCUT2D eigenvalue weighted by Gasteiger charge is 2.34. The Morgan fingerprint density at radius 2 is 1.97 bits per heavy atom. The number of benzene rings is 1. The molecule has 1 aliphatic rings. The lowest BCUT2D eigenvalue weighted by Crippen LogP contribution is -2.29. The number of rotatable bonds is 7. The van der Waals surface area contributed by atoms with Crippen LogP contribution in [0.15, 0.2) is 54.4 Å². The third-order valence-electron chi connectivity index (χ3n) is 4.41. The molecule has 164 valence electrons. The molecule has 0 saturated heterocycles. The molecule has 2 rings (SSSR count). The van der Waals surface area contributed by atoms with Crippen LogP contribution >= 0.6 is 0 Å². The number of carbonyl (C=O) groups excluding carboxylic acids is 3. The molecule has 1 heterocycles. The van der Waals surface area contributed by atoms with E-state index in [0.29, 0.717) is 17.6 Å². The predicted octanol–water partition coefficient (Wildman–Crippen LogP) is 4.35. The first kappa shape index (κ1) is 23.7. The molecule has 0 bridgehead atoms. The van der Waals surface area contributed by atoms with Crippen molar-refractivity contribution in [2.24, 2.45) is 0 Å². The maximum Gasteiger partial charge on any atom is 0.308 e. The number of hydrogen-bond acceptors (Lipinski definition) is 7. The van der Waals surface area contributed by atoms with Crippen molar-refractivity contribution in [1.82, 2.24) is 0 Å². The highest BCUT2D eigenvalue weighted by Crippen LogP contribution is 2.44. The van der Waals surface area contributed by atoms with Gasteiger partial charge < -0.3 is 19.3 Å². The molecular formula is C24H26O7. The molecule has 0 radical (unpaired) electrons. The summed E-state index contributed by atoms with van der Waals surface area (Å²) >= 11 is 0. The fourth-order valence-electron chi connectivity index (χ4n) is 3.04. The molecule has 7 heteroatoms. The van der Waals surface area contributed by atoms with Crippen molar-refractivity contribution >= 4 is 17.7 Å². The molecule has 1 N–H and O–H groups in total. The summed E-state index contributed by atoms with van der Waals surface area (Å²) in [5.41, 5.74) is 2.15. The van der Waals surface area contributed by atoms with Crippen LogP contribution in [0.3, 0.4) is 0 Å². The van der Waals surface area contributed by atoms with Crippen molar-refractivity contribution in [2.75, 3.05) is 0 Å². The average Bonchev–Trinajstić information content (AvgIpc) is 2.66. The Morgan fingerprint density at radius 1 is 1.26 bits per heavy atom. The number of carbonyl (C=O) groups is 3. The van der Waals surface area contributed by atoms with Crippen LogP contribution in [0, 0.1) is 0 Å². The highest BCUT2D eigenvalue weighted by atomic mass is 16.5. The molecule has 1 aromatic rings. The van der Waals surface area contributed by atoms with E-state index in [1.165, 1.54) is 38.3 Å². The SMILES string of the molecule is C=C/C(=C\C=C\OC(C)=O)[C@@H]1CC(=O)c2c(O)cc(OC(C)=O)c(CC=C(C)C)c2O1. The van der Waals surface area contributed by atoms with Crippen molar-refractivity contribution < 1.29 is 33.7 Å². The van der Waals surface area contributed by atoms with E-state index in [9.17, 15) is 19.5 Å². The zero-order valence-corrected chi connectivity index (χ0v) is 18.1. The van der Waals surface area contributed by atoms with Gasteiger partial charge in [0.1, 0.15) is 28.9 Å². The van der Waals surface area contributed by atoms with Gasteiger partial charge in [0.2, 0.25) is 0 Å². The summed E-state index contributed by atoms with van der Waals surface area (Å²) < 4.78 is 16.1. The number of allylic oxidation sites excluding steroid dienone is 4. The monoisotopic (exact) mass is 426 g/mol. The maximum absolute atomic E-state index is 12.9. The van der Waals surface area contributed by atoms with Crippen LogP contribution in [-0.4, -0.2) is 28.9 Å². The second-order valence-corrected chi connectivity index (χ2v) is 7.20. The summed E-state index contributed by atoms with van der Waals surface area (Å²) in [7, 11) is 0. The quantitative estimate of drug-likeness (QED) is 0.227. The van der Waals surface area contributed by atoms with Gasteiger partial charge in [-0.15, -0.1) is 0 Å². The van der Waals surface area contributed by atoms with E-state index in [2.05, 4.69) is 6.58 Å². The van der Waals surface area contributed by atoms with Crippen molar-refractivity contribution in [3.05, 3.63) is 65.5 Å². The molecule has 1 aromatic carbocycles. The second-order valence-electron chi connectivity index (χ2n) is 7.20. The largest absolute Gasteiger partial charge is 0.507 e. The van der Waals surface area contributed by atoms with Crippen LogP contribution in [0.4, 0.5) is 0 Å². The van der Waals surface area contributed by atoms with E-state index in [4.69, 9.17) is 14.2 Å². The van der Waals surface area contributed by atoms with Crippen LogP contribution in [0.5, 0.6) is 17.2 Å². The summed E-state index contributed by atoms with van der Waals surface area (Å²) in [6, 6.07) is 1.27. The van der Waals surface area contributed by atoms with Gasteiger partial charge in [-0.05, 0) is 31.9 Å². The van der Waals surface area contributed by atoms with Gasteiger partial charge in [0.15, 0.2) is 5.78 Å². The lowest BCUT2D eigenvalue weighted by atomic mass is 9.92. The number of aromatic hydroxyl groups is 1. The van der Waals surface area contributed by atoms with Crippen LogP contribution < -0.4 is 9.47 Å². The highest BCUT2D eigenvalue weighted by molar-refractivity contribution is 6.03. The fraction of sp³-hybridized carbons (Fsp3) is 0.292. The molecule has 0 aromatic heterocycles. The van der Waals surface area contributed by atoms with E-state index in [-0.39, 0.29) is 35.0 Å². The summed E-state index contributed by atoms with van der Waals surface area (Å²) in [5, 5.41) is 10.4. The number of ketones is 1. The van der Waals surface area contributed by atoms with Gasteiger partial charge in [-0.25, -0.2) is 0 Å². The molecule has 1 atom stereocenters. The second kappa shape index (κ2) is 10.4. The van der Waals surface area contributed by atoms with E-state index in [1.807, 2.05) is 19.9 Å². The van der Waals surface area contributed by atoms with E-state index >= 15 is 0 Å². The summed E-state index contributed by atoms with van der Waals surface area (Å²) in [6.45, 7) is 10.1. The van der Waals surface area contributed by atoms with Crippen LogP contribution in [0.1, 0.15) is 50.0 Å². The van der Waals surface area contributed by atoms with Crippen molar-refractivity contribution in [3.63, 3.8) is 0 Å². The molecule has 0 fully saturated rings. The first-order valence-corrected chi connectivity index (χ1v) is 9.70. The Balaban J connectivity index is 2.54. The Labute approximate surface area is 181 Å². The van der Waals surface area contributed by atoms with E-state index < -0.39 is 18.0 Å². The third kappa shape index (κ3) is 6.18. The zero-order chi connectivity index (χ0) is 23.1. The molecular weight excluding hydrogens is 400 g/mol. The Kier molecular flexibility index (Phi) is 7.96. The molecule has 1 aliphatic heterocycles. The van der Waals surface area contributed by atoms with Gasteiger partial charge in [0.25, 0.3) is 0 Å². The predicted molar refractivity (Wildman–Crippen MR) is 115 cm³/mol. The minimum absolute atomic E-state index is 0.0190. The minimum atomic E-state index is -0.683. The zero-order valence-electron chi connectivity index (χ0n) is 18.1. The number of hydrogen-bond donors (Lipinski definition) is 1. The number of Topliss-reactive ketones (excluding diaryl/α,β-unsaturated/α-hetero) is 1. The molecule has 7 nitrogen and oxygen atoms in total. The number of esters is 2. The first-order valence-electron chi connectivity index (χ1n) is 9.70. The standard InChI is InChI=1S/C24H26O7/c1-6-17(8-7-11-29-15(4)25)21-12-19(27)23-20(28)13-22(30-16(5)26)18(24(23)31-21)10-9-14(2)3/h6-9,11,13,21,28H,1,10,12H2,2-5H3/b11-7+,17-8+/t21-/m0/s1. The number of phenols is 1. The van der Waals surface area contributed by atoms with Crippen LogP contribution in [0.25, 0.3) is 0 Å². The smallest absolute Gasteiger partial charge is 0.308 e. The average molecular weight is 426 g/mol. The summed E-state index contributed by atoms with van der Waals surface area (Å²) in [5.74, 6) is -1.33. The number of fused-ring (bicyclic) bond motifs is 1. The summed E-state index contributed by atoms with van der Waals surface area (Å²) in [6.07, 6.45) is 7.41. The van der Waals surface area contributed by atoms with Gasteiger partial charge in [-0.3, -0.25) is 14.4 Å². The third-order valence-corrected chi connectivity index (χ3v) is 4.41.